The van der Waals surface area contributed by atoms with Gasteiger partial charge >= 0.3 is 0 Å². The van der Waals surface area contributed by atoms with Crippen molar-refractivity contribution in [2.75, 3.05) is 20.1 Å². The lowest BCUT2D eigenvalue weighted by atomic mass is 10.0. The van der Waals surface area contributed by atoms with E-state index in [-0.39, 0.29) is 17.9 Å². The number of imide groups is 1. The van der Waals surface area contributed by atoms with Crippen LogP contribution < -0.4 is 4.74 Å². The second-order valence-corrected chi connectivity index (χ2v) is 10.5. The van der Waals surface area contributed by atoms with Crippen molar-refractivity contribution < 1.29 is 14.3 Å². The fourth-order valence-electron chi connectivity index (χ4n) is 4.70. The number of ether oxygens (including phenoxy) is 1. The molecule has 4 heterocycles. The van der Waals surface area contributed by atoms with Crippen molar-refractivity contribution in [1.29, 1.82) is 0 Å². The number of rotatable bonds is 5. The number of hydrogen-bond acceptors (Lipinski definition) is 6. The molecule has 2 fully saturated rings. The molecule has 0 N–H and O–H groups in total. The number of carbonyl (C=O) groups is 2. The van der Waals surface area contributed by atoms with Crippen molar-refractivity contribution in [3.05, 3.63) is 45.9 Å². The van der Waals surface area contributed by atoms with E-state index in [4.69, 9.17) is 16.3 Å². The van der Waals surface area contributed by atoms with Crippen LogP contribution in [0.1, 0.15) is 36.1 Å². The van der Waals surface area contributed by atoms with Crippen molar-refractivity contribution in [2.24, 2.45) is 0 Å². The van der Waals surface area contributed by atoms with Gasteiger partial charge in [-0.1, -0.05) is 11.6 Å². The molecule has 2 aliphatic rings. The minimum atomic E-state index is -0.107. The number of fused-ring (bicyclic) bond motifs is 1. The Morgan fingerprint density at radius 1 is 1.18 bits per heavy atom. The zero-order chi connectivity index (χ0) is 23.1. The SMILES string of the molecule is Cc1cc(Cl)cc(-c2ccnc3cc(CN4C(=O)CCC4=O)sc23)c1O[C@H]1CCCN(C)C1. The third-order valence-corrected chi connectivity index (χ3v) is 7.69. The van der Waals surface area contributed by atoms with Crippen molar-refractivity contribution in [3.8, 4) is 16.9 Å². The van der Waals surface area contributed by atoms with E-state index in [1.54, 1.807) is 17.5 Å². The molecule has 1 aromatic carbocycles. The van der Waals surface area contributed by atoms with Gasteiger partial charge in [0.1, 0.15) is 11.9 Å². The predicted octanol–water partition coefficient (Wildman–Crippen LogP) is 5.05. The summed E-state index contributed by atoms with van der Waals surface area (Å²) in [4.78, 5) is 33.3. The highest BCUT2D eigenvalue weighted by molar-refractivity contribution is 7.19. The Labute approximate surface area is 202 Å². The van der Waals surface area contributed by atoms with Gasteiger partial charge in [-0.25, -0.2) is 0 Å². The van der Waals surface area contributed by atoms with E-state index in [9.17, 15) is 9.59 Å². The Kier molecular flexibility index (Phi) is 6.12. The molecule has 3 aromatic rings. The van der Waals surface area contributed by atoms with Crippen molar-refractivity contribution in [3.63, 3.8) is 0 Å². The van der Waals surface area contributed by atoms with E-state index in [1.807, 2.05) is 31.2 Å². The van der Waals surface area contributed by atoms with Crippen LogP contribution in [0.5, 0.6) is 5.75 Å². The number of aromatic nitrogens is 1. The van der Waals surface area contributed by atoms with Crippen LogP contribution in [-0.2, 0) is 16.1 Å². The van der Waals surface area contributed by atoms with Crippen LogP contribution in [0, 0.1) is 6.92 Å². The number of hydrogen-bond donors (Lipinski definition) is 0. The van der Waals surface area contributed by atoms with Gasteiger partial charge in [-0.05, 0) is 63.2 Å². The molecule has 8 heteroatoms. The van der Waals surface area contributed by atoms with Gasteiger partial charge in [-0.15, -0.1) is 11.3 Å². The highest BCUT2D eigenvalue weighted by atomic mass is 35.5. The molecule has 0 radical (unpaired) electrons. The Morgan fingerprint density at radius 3 is 2.73 bits per heavy atom. The smallest absolute Gasteiger partial charge is 0.230 e. The fraction of sp³-hybridized carbons (Fsp3) is 0.400. The van der Waals surface area contributed by atoms with E-state index < -0.39 is 0 Å². The number of likely N-dealkylation sites (N-methyl/N-ethyl adjacent to an activating group) is 1. The number of aryl methyl sites for hydroxylation is 1. The Bertz CT molecular complexity index is 1230. The highest BCUT2D eigenvalue weighted by Crippen LogP contribution is 2.42. The molecule has 0 bridgehead atoms. The number of halogens is 1. The van der Waals surface area contributed by atoms with E-state index in [2.05, 4.69) is 16.9 Å². The normalized spacial score (nSPS) is 19.6. The first-order chi connectivity index (χ1) is 15.9. The lowest BCUT2D eigenvalue weighted by molar-refractivity contribution is -0.138. The van der Waals surface area contributed by atoms with Crippen LogP contribution >= 0.6 is 22.9 Å². The van der Waals surface area contributed by atoms with Crippen LogP contribution in [-0.4, -0.2) is 52.8 Å². The van der Waals surface area contributed by atoms with E-state index in [0.717, 1.165) is 63.5 Å². The summed E-state index contributed by atoms with van der Waals surface area (Å²) in [6, 6.07) is 7.85. The first-order valence-electron chi connectivity index (χ1n) is 11.3. The molecule has 33 heavy (non-hydrogen) atoms. The number of benzene rings is 1. The first-order valence-corrected chi connectivity index (χ1v) is 12.4. The summed E-state index contributed by atoms with van der Waals surface area (Å²) >= 11 is 8.04. The number of piperidine rings is 1. The van der Waals surface area contributed by atoms with Gasteiger partial charge in [0.15, 0.2) is 0 Å². The van der Waals surface area contributed by atoms with Gasteiger partial charge < -0.3 is 9.64 Å². The topological polar surface area (TPSA) is 62.7 Å². The molecule has 2 aromatic heterocycles. The molecule has 2 saturated heterocycles. The summed E-state index contributed by atoms with van der Waals surface area (Å²) in [7, 11) is 2.13. The third kappa shape index (κ3) is 4.50. The monoisotopic (exact) mass is 483 g/mol. The number of carbonyl (C=O) groups excluding carboxylic acids is 2. The Balaban J connectivity index is 1.54. The lowest BCUT2D eigenvalue weighted by Gasteiger charge is -2.31. The quantitative estimate of drug-likeness (QED) is 0.475. The summed E-state index contributed by atoms with van der Waals surface area (Å²) in [5.41, 5.74) is 3.79. The summed E-state index contributed by atoms with van der Waals surface area (Å²) in [6.07, 6.45) is 4.65. The van der Waals surface area contributed by atoms with E-state index in [0.29, 0.717) is 24.4 Å². The van der Waals surface area contributed by atoms with Crippen LogP contribution in [0.15, 0.2) is 30.5 Å². The summed E-state index contributed by atoms with van der Waals surface area (Å²) in [5, 5.41) is 0.658. The standard InChI is InChI=1S/C25H26ClN3O3S/c1-15-10-16(26)11-20(24(15)32-17-4-3-9-28(2)13-17)19-7-8-27-21-12-18(33-25(19)21)14-29-22(30)5-6-23(29)31/h7-8,10-12,17H,3-6,9,13-14H2,1-2H3/t17-/m0/s1. The van der Waals surface area contributed by atoms with Crippen LogP contribution in [0.2, 0.25) is 5.02 Å². The number of thiophene rings is 1. The van der Waals surface area contributed by atoms with Gasteiger partial charge in [0.05, 0.1) is 16.8 Å². The van der Waals surface area contributed by atoms with Crippen LogP contribution in [0.25, 0.3) is 21.3 Å². The first kappa shape index (κ1) is 22.3. The molecule has 0 unspecified atom stereocenters. The minimum Gasteiger partial charge on any atom is -0.488 e. The van der Waals surface area contributed by atoms with Gasteiger partial charge in [0.2, 0.25) is 11.8 Å². The second kappa shape index (κ2) is 9.05. The highest BCUT2D eigenvalue weighted by Gasteiger charge is 2.29. The Hall–Kier alpha value is -2.48. The fourth-order valence-corrected chi connectivity index (χ4v) is 6.10. The number of likely N-dealkylation sites (tertiary alicyclic amines) is 2. The van der Waals surface area contributed by atoms with Crippen molar-refractivity contribution in [1.82, 2.24) is 14.8 Å². The largest absolute Gasteiger partial charge is 0.488 e. The average molecular weight is 484 g/mol. The van der Waals surface area contributed by atoms with Gasteiger partial charge in [0.25, 0.3) is 0 Å². The number of pyridine rings is 1. The number of amides is 2. The van der Waals surface area contributed by atoms with Crippen molar-refractivity contribution >= 4 is 45.0 Å². The number of nitrogens with zero attached hydrogens (tertiary/aromatic N) is 3. The molecule has 0 spiro atoms. The second-order valence-electron chi connectivity index (χ2n) is 8.90. The van der Waals surface area contributed by atoms with Gasteiger partial charge in [0, 0.05) is 46.6 Å². The molecule has 0 aliphatic carbocycles. The molecule has 0 saturated carbocycles. The maximum atomic E-state index is 12.1. The third-order valence-electron chi connectivity index (χ3n) is 6.33. The zero-order valence-electron chi connectivity index (χ0n) is 18.8. The molecule has 2 aliphatic heterocycles. The van der Waals surface area contributed by atoms with Crippen molar-refractivity contribution in [2.45, 2.75) is 45.3 Å². The molecule has 172 valence electrons. The maximum Gasteiger partial charge on any atom is 0.230 e. The molecule has 6 nitrogen and oxygen atoms in total. The molecular formula is C25H26ClN3O3S. The molecule has 2 amide bonds. The average Bonchev–Trinajstić information content (AvgIpc) is 3.33. The molecule has 5 rings (SSSR count). The zero-order valence-corrected chi connectivity index (χ0v) is 20.3. The summed E-state index contributed by atoms with van der Waals surface area (Å²) in [6.45, 7) is 4.32. The predicted molar refractivity (Wildman–Crippen MR) is 131 cm³/mol. The van der Waals surface area contributed by atoms with Gasteiger partial charge in [-0.2, -0.15) is 0 Å². The molecular weight excluding hydrogens is 458 g/mol. The van der Waals surface area contributed by atoms with Crippen LogP contribution in [0.4, 0.5) is 0 Å². The summed E-state index contributed by atoms with van der Waals surface area (Å²) in [5.74, 6) is 0.639. The van der Waals surface area contributed by atoms with Crippen LogP contribution in [0.3, 0.4) is 0 Å². The minimum absolute atomic E-state index is 0.107. The Morgan fingerprint density at radius 2 is 1.97 bits per heavy atom. The molecule has 1 atom stereocenters. The lowest BCUT2D eigenvalue weighted by Crippen LogP contribution is -2.38. The van der Waals surface area contributed by atoms with Gasteiger partial charge in [-0.3, -0.25) is 19.5 Å². The summed E-state index contributed by atoms with van der Waals surface area (Å²) < 4.78 is 7.57. The van der Waals surface area contributed by atoms with E-state index >= 15 is 0 Å². The van der Waals surface area contributed by atoms with E-state index in [1.165, 1.54) is 4.90 Å². The maximum absolute atomic E-state index is 12.1.